The van der Waals surface area contributed by atoms with E-state index in [9.17, 15) is 14.7 Å². The fraction of sp³-hybridized carbons (Fsp3) is 0.226. The number of carbonyl (C=O) groups is 2. The third-order valence-electron chi connectivity index (χ3n) is 5.73. The minimum atomic E-state index is -0.511. The molecular formula is C31H32O5. The van der Waals surface area contributed by atoms with E-state index in [0.717, 1.165) is 36.8 Å². The number of unbranched alkanes of at least 4 members (excludes halogenated alkanes) is 1. The van der Waals surface area contributed by atoms with Crippen molar-refractivity contribution < 1.29 is 24.2 Å². The van der Waals surface area contributed by atoms with Crippen molar-refractivity contribution in [2.45, 2.75) is 46.1 Å². The molecule has 0 aliphatic rings. The molecule has 0 saturated heterocycles. The maximum absolute atomic E-state index is 11.8. The molecule has 3 aromatic carbocycles. The van der Waals surface area contributed by atoms with Crippen LogP contribution >= 0.6 is 0 Å². The molecule has 5 heteroatoms. The Labute approximate surface area is 212 Å². The van der Waals surface area contributed by atoms with Gasteiger partial charge in [0.25, 0.3) is 0 Å². The molecule has 5 nitrogen and oxygen atoms in total. The highest BCUT2D eigenvalue weighted by molar-refractivity contribution is 5.89. The second kappa shape index (κ2) is 12.7. The van der Waals surface area contributed by atoms with Crippen molar-refractivity contribution in [1.82, 2.24) is 0 Å². The summed E-state index contributed by atoms with van der Waals surface area (Å²) in [6, 6.07) is 21.4. The summed E-state index contributed by atoms with van der Waals surface area (Å²) < 4.78 is 10.5. The average Bonchev–Trinajstić information content (AvgIpc) is 2.88. The van der Waals surface area contributed by atoms with Gasteiger partial charge in [-0.05, 0) is 86.1 Å². The summed E-state index contributed by atoms with van der Waals surface area (Å²) in [5, 5.41) is 9.72. The first-order valence-electron chi connectivity index (χ1n) is 11.9. The lowest BCUT2D eigenvalue weighted by molar-refractivity contribution is -0.131. The van der Waals surface area contributed by atoms with E-state index in [-0.39, 0.29) is 6.61 Å². The van der Waals surface area contributed by atoms with Crippen LogP contribution in [0.5, 0.6) is 11.5 Å². The molecule has 0 saturated carbocycles. The molecule has 3 aromatic rings. The number of hydrogen-bond acceptors (Lipinski definition) is 5. The number of aliphatic hydroxyl groups excluding tert-OH is 1. The first-order chi connectivity index (χ1) is 17.3. The van der Waals surface area contributed by atoms with Gasteiger partial charge >= 0.3 is 11.9 Å². The normalized spacial score (nSPS) is 10.5. The number of aryl methyl sites for hydroxylation is 2. The summed E-state index contributed by atoms with van der Waals surface area (Å²) >= 11 is 0. The maximum atomic E-state index is 11.8. The van der Waals surface area contributed by atoms with Crippen LogP contribution in [0.15, 0.2) is 91.0 Å². The van der Waals surface area contributed by atoms with E-state index in [1.165, 1.54) is 11.1 Å². The lowest BCUT2D eigenvalue weighted by atomic mass is 9.99. The lowest BCUT2D eigenvalue weighted by Gasteiger charge is -2.11. The van der Waals surface area contributed by atoms with Gasteiger partial charge in [-0.2, -0.15) is 0 Å². The Balaban J connectivity index is 1.51. The summed E-state index contributed by atoms with van der Waals surface area (Å²) in [7, 11) is 0. The Morgan fingerprint density at radius 1 is 0.722 bits per heavy atom. The van der Waals surface area contributed by atoms with Gasteiger partial charge in [0, 0.05) is 16.7 Å². The van der Waals surface area contributed by atoms with Crippen LogP contribution in [-0.4, -0.2) is 17.0 Å². The minimum absolute atomic E-state index is 0.229. The zero-order valence-corrected chi connectivity index (χ0v) is 20.9. The van der Waals surface area contributed by atoms with Crippen molar-refractivity contribution in [2.24, 2.45) is 0 Å². The quantitative estimate of drug-likeness (QED) is 0.148. The molecule has 0 aromatic heterocycles. The molecule has 186 valence electrons. The molecule has 0 radical (unpaired) electrons. The fourth-order valence-electron chi connectivity index (χ4n) is 3.61. The van der Waals surface area contributed by atoms with Gasteiger partial charge in [-0.15, -0.1) is 0 Å². The van der Waals surface area contributed by atoms with E-state index in [1.54, 1.807) is 19.9 Å². The highest BCUT2D eigenvalue weighted by atomic mass is 16.5. The monoisotopic (exact) mass is 484 g/mol. The van der Waals surface area contributed by atoms with Crippen molar-refractivity contribution >= 4 is 11.9 Å². The topological polar surface area (TPSA) is 72.8 Å². The summed E-state index contributed by atoms with van der Waals surface area (Å²) in [4.78, 5) is 23.4. The molecule has 0 amide bonds. The van der Waals surface area contributed by atoms with Crippen molar-refractivity contribution in [2.75, 3.05) is 0 Å². The summed E-state index contributed by atoms with van der Waals surface area (Å²) in [6.45, 7) is 10.2. The van der Waals surface area contributed by atoms with Crippen LogP contribution in [0.3, 0.4) is 0 Å². The average molecular weight is 485 g/mol. The van der Waals surface area contributed by atoms with Gasteiger partial charge in [0.05, 0.1) is 6.61 Å². The Bertz CT molecular complexity index is 1240. The van der Waals surface area contributed by atoms with Crippen molar-refractivity contribution in [3.63, 3.8) is 0 Å². The van der Waals surface area contributed by atoms with Crippen LogP contribution in [0.25, 0.3) is 11.1 Å². The molecule has 0 aliphatic heterocycles. The first-order valence-corrected chi connectivity index (χ1v) is 11.9. The van der Waals surface area contributed by atoms with Gasteiger partial charge < -0.3 is 14.6 Å². The molecular weight excluding hydrogens is 452 g/mol. The highest BCUT2D eigenvalue weighted by Gasteiger charge is 2.11. The van der Waals surface area contributed by atoms with Gasteiger partial charge in [-0.1, -0.05) is 55.6 Å². The molecule has 36 heavy (non-hydrogen) atoms. The Morgan fingerprint density at radius 3 is 1.75 bits per heavy atom. The van der Waals surface area contributed by atoms with Crippen LogP contribution in [0.1, 0.15) is 43.4 Å². The third-order valence-corrected chi connectivity index (χ3v) is 5.73. The standard InChI is InChI=1S/C31H32O5/c1-21(2)30(33)35-28-16-11-24(12-17-28)8-6-5-7-23-9-13-25(14-10-23)26-15-18-29(27(19-26)20-32)36-31(34)22(3)4/h9-19,32H,1,3,5-8,20H2,2,4H3. The van der Waals surface area contributed by atoms with E-state index in [0.29, 0.717) is 28.2 Å². The molecule has 0 spiro atoms. The van der Waals surface area contributed by atoms with Gasteiger partial charge in [-0.25, -0.2) is 9.59 Å². The van der Waals surface area contributed by atoms with Gasteiger partial charge in [0.2, 0.25) is 0 Å². The van der Waals surface area contributed by atoms with Crippen LogP contribution in [0.2, 0.25) is 0 Å². The van der Waals surface area contributed by atoms with Crippen molar-refractivity contribution in [1.29, 1.82) is 0 Å². The number of benzene rings is 3. The molecule has 0 fully saturated rings. The molecule has 1 N–H and O–H groups in total. The number of esters is 2. The van der Waals surface area contributed by atoms with E-state index in [4.69, 9.17) is 9.47 Å². The van der Waals surface area contributed by atoms with Gasteiger partial charge in [-0.3, -0.25) is 0 Å². The maximum Gasteiger partial charge on any atom is 0.338 e. The predicted octanol–water partition coefficient (Wildman–Crippen LogP) is 6.37. The van der Waals surface area contributed by atoms with Gasteiger partial charge in [0.1, 0.15) is 11.5 Å². The molecule has 0 atom stereocenters. The second-order valence-corrected chi connectivity index (χ2v) is 8.87. The number of aliphatic hydroxyl groups is 1. The molecule has 3 rings (SSSR count). The Kier molecular flexibility index (Phi) is 9.37. The highest BCUT2D eigenvalue weighted by Crippen LogP contribution is 2.28. The second-order valence-electron chi connectivity index (χ2n) is 8.87. The summed E-state index contributed by atoms with van der Waals surface area (Å²) in [5.74, 6) is -0.0551. The predicted molar refractivity (Wildman–Crippen MR) is 142 cm³/mol. The van der Waals surface area contributed by atoms with Crippen LogP contribution in [0.4, 0.5) is 0 Å². The van der Waals surface area contributed by atoms with Crippen molar-refractivity contribution in [3.8, 4) is 22.6 Å². The number of hydrogen-bond donors (Lipinski definition) is 1. The summed E-state index contributed by atoms with van der Waals surface area (Å²) in [6.07, 6.45) is 4.05. The first kappa shape index (κ1) is 26.6. The smallest absolute Gasteiger partial charge is 0.338 e. The Morgan fingerprint density at radius 2 is 1.22 bits per heavy atom. The zero-order valence-electron chi connectivity index (χ0n) is 20.9. The van der Waals surface area contributed by atoms with E-state index >= 15 is 0 Å². The lowest BCUT2D eigenvalue weighted by Crippen LogP contribution is -2.09. The van der Waals surface area contributed by atoms with Crippen LogP contribution < -0.4 is 9.47 Å². The zero-order chi connectivity index (χ0) is 26.1. The summed E-state index contributed by atoms with van der Waals surface area (Å²) in [5.41, 5.74) is 5.66. The van der Waals surface area contributed by atoms with Crippen LogP contribution in [-0.2, 0) is 29.0 Å². The SMILES string of the molecule is C=C(C)C(=O)Oc1ccc(CCCCc2ccc(-c3ccc(OC(=O)C(=C)C)c(CO)c3)cc2)cc1. The van der Waals surface area contributed by atoms with E-state index in [1.807, 2.05) is 36.4 Å². The number of ether oxygens (including phenoxy) is 2. The fourth-order valence-corrected chi connectivity index (χ4v) is 3.61. The molecule has 0 heterocycles. The molecule has 0 unspecified atom stereocenters. The molecule has 0 aliphatic carbocycles. The van der Waals surface area contributed by atoms with Gasteiger partial charge in [0.15, 0.2) is 0 Å². The third kappa shape index (κ3) is 7.52. The minimum Gasteiger partial charge on any atom is -0.423 e. The largest absolute Gasteiger partial charge is 0.423 e. The number of carbonyl (C=O) groups excluding carboxylic acids is 2. The van der Waals surface area contributed by atoms with Crippen molar-refractivity contribution in [3.05, 3.63) is 108 Å². The van der Waals surface area contributed by atoms with E-state index < -0.39 is 11.9 Å². The van der Waals surface area contributed by atoms with Crippen LogP contribution in [0, 0.1) is 0 Å². The van der Waals surface area contributed by atoms with E-state index in [2.05, 4.69) is 37.4 Å². The Hall–Kier alpha value is -3.96. The number of rotatable bonds is 11. The molecule has 0 bridgehead atoms.